The summed E-state index contributed by atoms with van der Waals surface area (Å²) in [5.41, 5.74) is 3.43. The summed E-state index contributed by atoms with van der Waals surface area (Å²) in [4.78, 5) is 41.2. The number of amides is 2. The molecule has 2 aliphatic rings. The maximum Gasteiger partial charge on any atom is 0.308 e. The van der Waals surface area contributed by atoms with Crippen molar-refractivity contribution in [2.45, 2.75) is 31.8 Å². The molecule has 0 aromatic heterocycles. The van der Waals surface area contributed by atoms with Gasteiger partial charge in [0.1, 0.15) is 0 Å². The number of nitrogens with zero attached hydrogens (tertiary/aromatic N) is 2. The van der Waals surface area contributed by atoms with E-state index in [4.69, 9.17) is 4.74 Å². The number of piperidine rings is 1. The van der Waals surface area contributed by atoms with Crippen molar-refractivity contribution >= 4 is 17.8 Å². The van der Waals surface area contributed by atoms with Gasteiger partial charge in [-0.2, -0.15) is 0 Å². The number of esters is 1. The molecule has 0 spiro atoms. The van der Waals surface area contributed by atoms with Gasteiger partial charge in [-0.15, -0.1) is 0 Å². The summed E-state index contributed by atoms with van der Waals surface area (Å²) in [7, 11) is 1.39. The Kier molecular flexibility index (Phi) is 7.40. The number of nitrogens with one attached hydrogen (secondary N) is 1. The van der Waals surface area contributed by atoms with Crippen molar-refractivity contribution in [2.24, 2.45) is 5.92 Å². The number of hydrogen-bond donors (Lipinski definition) is 1. The highest BCUT2D eigenvalue weighted by Gasteiger charge is 2.34. The van der Waals surface area contributed by atoms with E-state index in [1.165, 1.54) is 12.7 Å². The van der Waals surface area contributed by atoms with Gasteiger partial charge in [-0.05, 0) is 29.5 Å². The smallest absolute Gasteiger partial charge is 0.308 e. The molecule has 7 nitrogen and oxygen atoms in total. The molecule has 2 fully saturated rings. The van der Waals surface area contributed by atoms with Crippen LogP contribution in [-0.2, 0) is 25.7 Å². The molecule has 0 saturated carbocycles. The third-order valence-electron chi connectivity index (χ3n) is 6.64. The summed E-state index contributed by atoms with van der Waals surface area (Å²) in [5.74, 6) is -0.490. The van der Waals surface area contributed by atoms with Crippen molar-refractivity contribution in [1.29, 1.82) is 0 Å². The summed E-state index contributed by atoms with van der Waals surface area (Å²) in [5, 5.41) is 2.90. The number of benzene rings is 2. The largest absolute Gasteiger partial charge is 0.469 e. The molecule has 2 heterocycles. The fourth-order valence-electron chi connectivity index (χ4n) is 4.67. The molecule has 33 heavy (non-hydrogen) atoms. The topological polar surface area (TPSA) is 78.9 Å². The van der Waals surface area contributed by atoms with Crippen LogP contribution in [-0.4, -0.2) is 66.9 Å². The Bertz CT molecular complexity index is 969. The van der Waals surface area contributed by atoms with E-state index in [2.05, 4.69) is 46.6 Å². The molecule has 174 valence electrons. The molecule has 0 bridgehead atoms. The minimum Gasteiger partial charge on any atom is -0.469 e. The quantitative estimate of drug-likeness (QED) is 0.686. The van der Waals surface area contributed by atoms with Crippen LogP contribution >= 0.6 is 0 Å². The number of piperazine rings is 1. The third kappa shape index (κ3) is 5.60. The zero-order valence-corrected chi connectivity index (χ0v) is 19.0. The van der Waals surface area contributed by atoms with Gasteiger partial charge in [0.25, 0.3) is 0 Å². The van der Waals surface area contributed by atoms with E-state index in [-0.39, 0.29) is 30.1 Å². The number of ether oxygens (including phenoxy) is 1. The second kappa shape index (κ2) is 10.6. The van der Waals surface area contributed by atoms with E-state index in [0.29, 0.717) is 45.6 Å². The van der Waals surface area contributed by atoms with Gasteiger partial charge in [-0.3, -0.25) is 19.3 Å². The second-order valence-electron chi connectivity index (χ2n) is 8.72. The Morgan fingerprint density at radius 3 is 2.30 bits per heavy atom. The molecule has 0 radical (unpaired) electrons. The van der Waals surface area contributed by atoms with E-state index in [1.54, 1.807) is 4.90 Å². The van der Waals surface area contributed by atoms with Crippen molar-refractivity contribution in [3.63, 3.8) is 0 Å². The van der Waals surface area contributed by atoms with Crippen LogP contribution in [0.4, 0.5) is 0 Å². The van der Waals surface area contributed by atoms with Gasteiger partial charge in [0.2, 0.25) is 11.8 Å². The standard InChI is InChI=1S/C26H31N3O4/c1-33-26(32)22-11-14-28(15-12-22)24(30)17-23-25(31)27-13-16-29(23)18-19-7-9-21(10-8-19)20-5-3-2-4-6-20/h2-10,22-23H,11-18H2,1H3,(H,27,31)/t23-/m0/s1. The van der Waals surface area contributed by atoms with Crippen molar-refractivity contribution in [3.05, 3.63) is 60.2 Å². The molecule has 2 aromatic rings. The minimum atomic E-state index is -0.488. The molecule has 0 aliphatic carbocycles. The van der Waals surface area contributed by atoms with Gasteiger partial charge >= 0.3 is 5.97 Å². The molecule has 4 rings (SSSR count). The maximum atomic E-state index is 13.0. The predicted octanol–water partition coefficient (Wildman–Crippen LogP) is 2.46. The van der Waals surface area contributed by atoms with Gasteiger partial charge < -0.3 is 15.0 Å². The number of hydrogen-bond acceptors (Lipinski definition) is 5. The lowest BCUT2D eigenvalue weighted by Gasteiger charge is -2.37. The SMILES string of the molecule is COC(=O)C1CCN(C(=O)C[C@H]2C(=O)NCCN2Cc2ccc(-c3ccccc3)cc2)CC1. The Hall–Kier alpha value is -3.19. The summed E-state index contributed by atoms with van der Waals surface area (Å²) < 4.78 is 4.82. The van der Waals surface area contributed by atoms with Crippen LogP contribution < -0.4 is 5.32 Å². The lowest BCUT2D eigenvalue weighted by atomic mass is 9.96. The first-order chi connectivity index (χ1) is 16.0. The molecule has 1 N–H and O–H groups in total. The van der Waals surface area contributed by atoms with E-state index in [1.807, 2.05) is 18.2 Å². The molecule has 2 aliphatic heterocycles. The molecule has 0 unspecified atom stereocenters. The molecular weight excluding hydrogens is 418 g/mol. The first-order valence-corrected chi connectivity index (χ1v) is 11.6. The molecule has 1 atom stereocenters. The molecule has 7 heteroatoms. The number of carbonyl (C=O) groups excluding carboxylic acids is 3. The van der Waals surface area contributed by atoms with Crippen LogP contribution in [0.25, 0.3) is 11.1 Å². The second-order valence-corrected chi connectivity index (χ2v) is 8.72. The van der Waals surface area contributed by atoms with Crippen LogP contribution in [0.5, 0.6) is 0 Å². The highest BCUT2D eigenvalue weighted by atomic mass is 16.5. The van der Waals surface area contributed by atoms with Gasteiger partial charge in [0.15, 0.2) is 0 Å². The lowest BCUT2D eigenvalue weighted by Crippen LogP contribution is -2.56. The van der Waals surface area contributed by atoms with Crippen molar-refractivity contribution in [2.75, 3.05) is 33.3 Å². The third-order valence-corrected chi connectivity index (χ3v) is 6.64. The number of likely N-dealkylation sites (tertiary alicyclic amines) is 1. The Morgan fingerprint density at radius 1 is 0.970 bits per heavy atom. The van der Waals surface area contributed by atoms with Crippen LogP contribution in [0.15, 0.2) is 54.6 Å². The normalized spacial score (nSPS) is 19.7. The van der Waals surface area contributed by atoms with E-state index >= 15 is 0 Å². The number of rotatable bonds is 6. The molecular formula is C26H31N3O4. The number of carbonyl (C=O) groups is 3. The number of methoxy groups -OCH3 is 1. The lowest BCUT2D eigenvalue weighted by molar-refractivity contribution is -0.149. The fourth-order valence-corrected chi connectivity index (χ4v) is 4.67. The van der Waals surface area contributed by atoms with Gasteiger partial charge in [-0.25, -0.2) is 0 Å². The zero-order valence-electron chi connectivity index (χ0n) is 19.0. The van der Waals surface area contributed by atoms with Crippen LogP contribution in [0.1, 0.15) is 24.8 Å². The van der Waals surface area contributed by atoms with Crippen molar-refractivity contribution < 1.29 is 19.1 Å². The summed E-state index contributed by atoms with van der Waals surface area (Å²) >= 11 is 0. The predicted molar refractivity (Wildman–Crippen MR) is 125 cm³/mol. The zero-order chi connectivity index (χ0) is 23.2. The molecule has 2 amide bonds. The van der Waals surface area contributed by atoms with Crippen LogP contribution in [0.2, 0.25) is 0 Å². The summed E-state index contributed by atoms with van der Waals surface area (Å²) in [6, 6.07) is 18.1. The monoisotopic (exact) mass is 449 g/mol. The Morgan fingerprint density at radius 2 is 1.64 bits per heavy atom. The van der Waals surface area contributed by atoms with Crippen molar-refractivity contribution in [3.8, 4) is 11.1 Å². The van der Waals surface area contributed by atoms with Gasteiger partial charge in [0, 0.05) is 32.7 Å². The Labute approximate surface area is 194 Å². The summed E-state index contributed by atoms with van der Waals surface area (Å²) in [6.45, 7) is 2.94. The van der Waals surface area contributed by atoms with Crippen LogP contribution in [0, 0.1) is 5.92 Å². The summed E-state index contributed by atoms with van der Waals surface area (Å²) in [6.07, 6.45) is 1.36. The van der Waals surface area contributed by atoms with Gasteiger partial charge in [0.05, 0.1) is 25.5 Å². The van der Waals surface area contributed by atoms with E-state index in [9.17, 15) is 14.4 Å². The van der Waals surface area contributed by atoms with E-state index in [0.717, 1.165) is 11.1 Å². The minimum absolute atomic E-state index is 0.0372. The molecule has 2 aromatic carbocycles. The maximum absolute atomic E-state index is 13.0. The average molecular weight is 450 g/mol. The molecule has 2 saturated heterocycles. The van der Waals surface area contributed by atoms with E-state index < -0.39 is 6.04 Å². The highest BCUT2D eigenvalue weighted by molar-refractivity contribution is 5.89. The van der Waals surface area contributed by atoms with Crippen molar-refractivity contribution in [1.82, 2.24) is 15.1 Å². The first-order valence-electron chi connectivity index (χ1n) is 11.6. The van der Waals surface area contributed by atoms with Crippen LogP contribution in [0.3, 0.4) is 0 Å². The first kappa shape index (κ1) is 23.0. The fraction of sp³-hybridized carbons (Fsp3) is 0.423. The Balaban J connectivity index is 1.37. The average Bonchev–Trinajstić information content (AvgIpc) is 2.86. The highest BCUT2D eigenvalue weighted by Crippen LogP contribution is 2.23. The van der Waals surface area contributed by atoms with Gasteiger partial charge in [-0.1, -0.05) is 54.6 Å².